The minimum Gasteiger partial charge on any atom is -0.493 e. The number of carbonyl (C=O) groups excluding carboxylic acids is 1. The predicted molar refractivity (Wildman–Crippen MR) is 67.5 cm³/mol. The molecule has 0 aliphatic carbocycles. The molecular formula is C14H16F4O3. The molecule has 21 heavy (non-hydrogen) atoms. The highest BCUT2D eigenvalue weighted by atomic mass is 19.4. The van der Waals surface area contributed by atoms with E-state index in [1.54, 1.807) is 20.8 Å². The van der Waals surface area contributed by atoms with E-state index in [1.165, 1.54) is 0 Å². The molecule has 0 atom stereocenters. The third kappa shape index (κ3) is 4.91. The summed E-state index contributed by atoms with van der Waals surface area (Å²) in [6.07, 6.45) is -5.23. The Morgan fingerprint density at radius 2 is 1.76 bits per heavy atom. The van der Waals surface area contributed by atoms with Crippen LogP contribution in [-0.4, -0.2) is 18.7 Å². The summed E-state index contributed by atoms with van der Waals surface area (Å²) in [5.41, 5.74) is -2.18. The van der Waals surface area contributed by atoms with Crippen molar-refractivity contribution in [1.82, 2.24) is 0 Å². The van der Waals surface area contributed by atoms with Gasteiger partial charge >= 0.3 is 12.1 Å². The largest absolute Gasteiger partial charge is 0.493 e. The summed E-state index contributed by atoms with van der Waals surface area (Å²) in [7, 11) is 1.12. The number of alkyl halides is 3. The second kappa shape index (κ2) is 5.91. The van der Waals surface area contributed by atoms with Gasteiger partial charge in [0.15, 0.2) is 11.6 Å². The van der Waals surface area contributed by atoms with E-state index in [4.69, 9.17) is 9.47 Å². The van der Waals surface area contributed by atoms with Crippen molar-refractivity contribution in [2.24, 2.45) is 0 Å². The fourth-order valence-electron chi connectivity index (χ4n) is 1.71. The molecule has 1 rings (SSSR count). The van der Waals surface area contributed by atoms with Gasteiger partial charge in [0, 0.05) is 5.56 Å². The molecule has 0 saturated heterocycles. The molecule has 0 aromatic heterocycles. The first-order valence-electron chi connectivity index (χ1n) is 6.09. The van der Waals surface area contributed by atoms with Gasteiger partial charge in [0.2, 0.25) is 0 Å². The molecule has 7 heteroatoms. The van der Waals surface area contributed by atoms with Crippen LogP contribution in [0, 0.1) is 5.82 Å². The lowest BCUT2D eigenvalue weighted by Crippen LogP contribution is -2.25. The van der Waals surface area contributed by atoms with Crippen molar-refractivity contribution in [3.63, 3.8) is 0 Å². The normalized spacial score (nSPS) is 12.2. The predicted octanol–water partition coefficient (Wildman–Crippen LogP) is 3.74. The van der Waals surface area contributed by atoms with Crippen LogP contribution in [0.1, 0.15) is 31.9 Å². The summed E-state index contributed by atoms with van der Waals surface area (Å²) < 4.78 is 61.4. The third-order valence-corrected chi connectivity index (χ3v) is 2.41. The molecular weight excluding hydrogens is 292 g/mol. The SMILES string of the molecule is COc1c(F)cc(C(F)(F)F)cc1CC(=O)OC(C)(C)C. The van der Waals surface area contributed by atoms with Crippen molar-refractivity contribution in [3.05, 3.63) is 29.1 Å². The molecule has 0 fully saturated rings. The van der Waals surface area contributed by atoms with Crippen LogP contribution >= 0.6 is 0 Å². The lowest BCUT2D eigenvalue weighted by atomic mass is 10.1. The van der Waals surface area contributed by atoms with Crippen molar-refractivity contribution >= 4 is 5.97 Å². The molecule has 0 N–H and O–H groups in total. The minimum absolute atomic E-state index is 0.209. The summed E-state index contributed by atoms with van der Waals surface area (Å²) in [6.45, 7) is 4.86. The highest BCUT2D eigenvalue weighted by Gasteiger charge is 2.33. The highest BCUT2D eigenvalue weighted by molar-refractivity contribution is 5.74. The zero-order valence-corrected chi connectivity index (χ0v) is 12.1. The van der Waals surface area contributed by atoms with Crippen LogP contribution in [0.5, 0.6) is 5.75 Å². The summed E-state index contributed by atoms with van der Waals surface area (Å²) >= 11 is 0. The zero-order valence-electron chi connectivity index (χ0n) is 12.1. The Morgan fingerprint density at radius 1 is 1.19 bits per heavy atom. The number of esters is 1. The van der Waals surface area contributed by atoms with Gasteiger partial charge in [0.1, 0.15) is 5.60 Å². The number of halogens is 4. The molecule has 0 spiro atoms. The van der Waals surface area contributed by atoms with E-state index in [1.807, 2.05) is 0 Å². The Bertz CT molecular complexity index is 530. The van der Waals surface area contributed by atoms with Gasteiger partial charge in [0.25, 0.3) is 0 Å². The Kier molecular flexibility index (Phi) is 4.86. The van der Waals surface area contributed by atoms with E-state index in [0.29, 0.717) is 12.1 Å². The maximum atomic E-state index is 13.7. The van der Waals surface area contributed by atoms with E-state index in [-0.39, 0.29) is 5.56 Å². The Morgan fingerprint density at radius 3 is 2.19 bits per heavy atom. The van der Waals surface area contributed by atoms with Crippen molar-refractivity contribution in [3.8, 4) is 5.75 Å². The van der Waals surface area contributed by atoms with Crippen LogP contribution in [0.2, 0.25) is 0 Å². The Balaban J connectivity index is 3.15. The van der Waals surface area contributed by atoms with Crippen LogP contribution in [0.15, 0.2) is 12.1 Å². The van der Waals surface area contributed by atoms with E-state index >= 15 is 0 Å². The van der Waals surface area contributed by atoms with Gasteiger partial charge in [-0.15, -0.1) is 0 Å². The number of methoxy groups -OCH3 is 1. The third-order valence-electron chi connectivity index (χ3n) is 2.41. The molecule has 0 unspecified atom stereocenters. The Labute approximate surface area is 119 Å². The Hall–Kier alpha value is -1.79. The summed E-state index contributed by atoms with van der Waals surface area (Å²) in [5, 5.41) is 0. The van der Waals surface area contributed by atoms with Crippen molar-refractivity contribution in [2.75, 3.05) is 7.11 Å². The van der Waals surface area contributed by atoms with Gasteiger partial charge in [-0.3, -0.25) is 4.79 Å². The van der Waals surface area contributed by atoms with Gasteiger partial charge in [-0.1, -0.05) is 0 Å². The lowest BCUT2D eigenvalue weighted by Gasteiger charge is -2.20. The molecule has 1 aromatic rings. The summed E-state index contributed by atoms with van der Waals surface area (Å²) in [4.78, 5) is 11.7. The second-order valence-electron chi connectivity index (χ2n) is 5.41. The molecule has 0 aliphatic heterocycles. The van der Waals surface area contributed by atoms with Gasteiger partial charge in [-0.25, -0.2) is 4.39 Å². The maximum absolute atomic E-state index is 13.7. The van der Waals surface area contributed by atoms with Crippen molar-refractivity contribution in [2.45, 2.75) is 39.0 Å². The zero-order chi connectivity index (χ0) is 16.4. The monoisotopic (exact) mass is 308 g/mol. The molecule has 0 saturated carbocycles. The molecule has 118 valence electrons. The van der Waals surface area contributed by atoms with Crippen LogP contribution in [0.4, 0.5) is 17.6 Å². The van der Waals surface area contributed by atoms with Crippen LogP contribution < -0.4 is 4.74 Å². The van der Waals surface area contributed by atoms with Crippen molar-refractivity contribution < 1.29 is 31.8 Å². The fourth-order valence-corrected chi connectivity index (χ4v) is 1.71. The molecule has 1 aromatic carbocycles. The van der Waals surface area contributed by atoms with E-state index in [0.717, 1.165) is 7.11 Å². The van der Waals surface area contributed by atoms with Gasteiger partial charge in [-0.05, 0) is 32.9 Å². The number of ether oxygens (including phenoxy) is 2. The number of rotatable bonds is 3. The average Bonchev–Trinajstić information content (AvgIpc) is 2.24. The minimum atomic E-state index is -4.71. The standard InChI is InChI=1S/C14H16F4O3/c1-13(2,3)21-11(19)6-8-5-9(14(16,17)18)7-10(15)12(8)20-4/h5,7H,6H2,1-4H3. The van der Waals surface area contributed by atoms with Gasteiger partial charge < -0.3 is 9.47 Å². The molecule has 0 aliphatic rings. The van der Waals surface area contributed by atoms with E-state index in [2.05, 4.69) is 0 Å². The average molecular weight is 308 g/mol. The second-order valence-corrected chi connectivity index (χ2v) is 5.41. The summed E-state index contributed by atoms with van der Waals surface area (Å²) in [5.74, 6) is -2.33. The molecule has 0 heterocycles. The smallest absolute Gasteiger partial charge is 0.416 e. The van der Waals surface area contributed by atoms with Crippen LogP contribution in [-0.2, 0) is 22.1 Å². The van der Waals surface area contributed by atoms with Crippen molar-refractivity contribution in [1.29, 1.82) is 0 Å². The maximum Gasteiger partial charge on any atom is 0.416 e. The topological polar surface area (TPSA) is 35.5 Å². The lowest BCUT2D eigenvalue weighted by molar-refractivity contribution is -0.154. The van der Waals surface area contributed by atoms with Crippen LogP contribution in [0.25, 0.3) is 0 Å². The highest BCUT2D eigenvalue weighted by Crippen LogP contribution is 2.34. The van der Waals surface area contributed by atoms with Gasteiger partial charge in [-0.2, -0.15) is 13.2 Å². The molecule has 0 amide bonds. The van der Waals surface area contributed by atoms with Crippen LogP contribution in [0.3, 0.4) is 0 Å². The number of hydrogen-bond donors (Lipinski definition) is 0. The fraction of sp³-hybridized carbons (Fsp3) is 0.500. The quantitative estimate of drug-likeness (QED) is 0.630. The van der Waals surface area contributed by atoms with Gasteiger partial charge in [0.05, 0.1) is 19.1 Å². The number of hydrogen-bond acceptors (Lipinski definition) is 3. The molecule has 3 nitrogen and oxygen atoms in total. The number of benzene rings is 1. The number of carbonyl (C=O) groups is 1. The first kappa shape index (κ1) is 17.3. The van der Waals surface area contributed by atoms with E-state index < -0.39 is 41.3 Å². The first-order valence-corrected chi connectivity index (χ1v) is 6.09. The first-order chi connectivity index (χ1) is 9.44. The molecule has 0 bridgehead atoms. The molecule has 0 radical (unpaired) electrons. The summed E-state index contributed by atoms with van der Waals surface area (Å²) in [6, 6.07) is 1.02. The van der Waals surface area contributed by atoms with E-state index in [9.17, 15) is 22.4 Å².